The molecule has 0 aliphatic carbocycles. The molecule has 2 aromatic rings. The normalized spacial score (nSPS) is 10.8. The first-order valence-electron chi connectivity index (χ1n) is 7.41. The molecule has 6 heteroatoms. The van der Waals surface area contributed by atoms with Crippen molar-refractivity contribution >= 4 is 29.9 Å². The first kappa shape index (κ1) is 19.3. The van der Waals surface area contributed by atoms with E-state index in [-0.39, 0.29) is 24.0 Å². The van der Waals surface area contributed by atoms with Gasteiger partial charge >= 0.3 is 0 Å². The smallest absolute Gasteiger partial charge is 0.191 e. The Hall–Kier alpha value is -1.70. The van der Waals surface area contributed by atoms with Gasteiger partial charge in [-0.05, 0) is 37.6 Å². The maximum absolute atomic E-state index is 5.41. The molecule has 0 spiro atoms. The summed E-state index contributed by atoms with van der Waals surface area (Å²) in [4.78, 5) is 4.59. The predicted octanol–water partition coefficient (Wildman–Crippen LogP) is 3.47. The van der Waals surface area contributed by atoms with E-state index in [0.29, 0.717) is 13.1 Å². The van der Waals surface area contributed by atoms with Crippen LogP contribution in [0.2, 0.25) is 0 Å². The number of ether oxygens (including phenoxy) is 1. The molecule has 0 amide bonds. The minimum absolute atomic E-state index is 0. The van der Waals surface area contributed by atoms with Gasteiger partial charge in [0.1, 0.15) is 11.5 Å². The first-order chi connectivity index (χ1) is 10.7. The molecule has 0 bridgehead atoms. The number of hydrogen-bond acceptors (Lipinski definition) is 3. The number of benzene rings is 1. The zero-order chi connectivity index (χ0) is 15.8. The predicted molar refractivity (Wildman–Crippen MR) is 104 cm³/mol. The molecule has 0 aliphatic heterocycles. The van der Waals surface area contributed by atoms with Crippen LogP contribution in [0, 0.1) is 6.92 Å². The second-order valence-electron chi connectivity index (χ2n) is 4.94. The average Bonchev–Trinajstić information content (AvgIpc) is 3.04. The fourth-order valence-electron chi connectivity index (χ4n) is 2.07. The van der Waals surface area contributed by atoms with Crippen molar-refractivity contribution in [3.8, 4) is 5.75 Å². The Bertz CT molecular complexity index is 612. The molecule has 2 rings (SSSR count). The van der Waals surface area contributed by atoms with E-state index in [0.717, 1.165) is 29.6 Å². The highest BCUT2D eigenvalue weighted by Crippen LogP contribution is 2.20. The van der Waals surface area contributed by atoms with Crippen LogP contribution in [0.4, 0.5) is 0 Å². The van der Waals surface area contributed by atoms with Crippen molar-refractivity contribution in [2.24, 2.45) is 4.99 Å². The highest BCUT2D eigenvalue weighted by atomic mass is 127. The summed E-state index contributed by atoms with van der Waals surface area (Å²) in [5.41, 5.74) is 2.23. The second-order valence-corrected chi connectivity index (χ2v) is 4.94. The Balaban J connectivity index is 0.00000264. The van der Waals surface area contributed by atoms with Crippen LogP contribution >= 0.6 is 24.0 Å². The van der Waals surface area contributed by atoms with Crippen molar-refractivity contribution in [2.45, 2.75) is 26.9 Å². The molecule has 0 radical (unpaired) electrons. The number of aliphatic imine (C=N–C) groups is 1. The van der Waals surface area contributed by atoms with Gasteiger partial charge in [0, 0.05) is 12.1 Å². The summed E-state index contributed by atoms with van der Waals surface area (Å²) in [6.07, 6.45) is 1.66. The first-order valence-corrected chi connectivity index (χ1v) is 7.41. The zero-order valence-corrected chi connectivity index (χ0v) is 16.1. The van der Waals surface area contributed by atoms with Gasteiger partial charge in [-0.25, -0.2) is 4.99 Å². The van der Waals surface area contributed by atoms with Gasteiger partial charge < -0.3 is 19.8 Å². The Labute approximate surface area is 154 Å². The molecule has 1 aromatic heterocycles. The van der Waals surface area contributed by atoms with E-state index in [1.165, 1.54) is 5.56 Å². The van der Waals surface area contributed by atoms with Crippen LogP contribution in [0.1, 0.15) is 23.8 Å². The number of halogens is 1. The van der Waals surface area contributed by atoms with E-state index in [4.69, 9.17) is 9.15 Å². The number of aryl methyl sites for hydroxylation is 1. The quantitative estimate of drug-likeness (QED) is 0.420. The van der Waals surface area contributed by atoms with Crippen molar-refractivity contribution in [1.82, 2.24) is 10.6 Å². The summed E-state index contributed by atoms with van der Waals surface area (Å²) in [6.45, 7) is 6.04. The Morgan fingerprint density at radius 2 is 2.09 bits per heavy atom. The maximum Gasteiger partial charge on any atom is 0.191 e. The lowest BCUT2D eigenvalue weighted by Crippen LogP contribution is -2.36. The highest BCUT2D eigenvalue weighted by molar-refractivity contribution is 14.0. The largest absolute Gasteiger partial charge is 0.496 e. The molecule has 1 heterocycles. The lowest BCUT2D eigenvalue weighted by molar-refractivity contribution is 0.409. The van der Waals surface area contributed by atoms with Crippen molar-refractivity contribution < 1.29 is 9.15 Å². The zero-order valence-electron chi connectivity index (χ0n) is 13.8. The summed E-state index contributed by atoms with van der Waals surface area (Å²) >= 11 is 0. The van der Waals surface area contributed by atoms with E-state index < -0.39 is 0 Å². The van der Waals surface area contributed by atoms with Crippen molar-refractivity contribution in [1.29, 1.82) is 0 Å². The fourth-order valence-corrected chi connectivity index (χ4v) is 2.07. The van der Waals surface area contributed by atoms with Gasteiger partial charge in [0.2, 0.25) is 0 Å². The molecule has 0 fully saturated rings. The summed E-state index contributed by atoms with van der Waals surface area (Å²) in [6, 6.07) is 9.94. The molecule has 23 heavy (non-hydrogen) atoms. The van der Waals surface area contributed by atoms with E-state index >= 15 is 0 Å². The van der Waals surface area contributed by atoms with Crippen LogP contribution in [0.15, 0.2) is 46.0 Å². The summed E-state index contributed by atoms with van der Waals surface area (Å²) in [5, 5.41) is 6.47. The SMILES string of the molecule is CCNC(=NCc1ccc(C)cc1OC)NCc1ccco1.I. The van der Waals surface area contributed by atoms with E-state index in [2.05, 4.69) is 21.7 Å². The molecular formula is C17H24IN3O2. The second kappa shape index (κ2) is 10.1. The number of nitrogens with zero attached hydrogens (tertiary/aromatic N) is 1. The number of furan rings is 1. The summed E-state index contributed by atoms with van der Waals surface area (Å²) in [7, 11) is 1.68. The molecule has 0 aliphatic rings. The maximum atomic E-state index is 5.41. The Kier molecular flexibility index (Phi) is 8.53. The number of nitrogens with one attached hydrogen (secondary N) is 2. The molecule has 2 N–H and O–H groups in total. The standard InChI is InChI=1S/C17H23N3O2.HI/c1-4-18-17(20-12-15-6-5-9-22-15)19-11-14-8-7-13(2)10-16(14)21-3;/h5-10H,4,11-12H2,1-3H3,(H2,18,19,20);1H. The molecule has 0 unspecified atom stereocenters. The van der Waals surface area contributed by atoms with E-state index in [9.17, 15) is 0 Å². The minimum Gasteiger partial charge on any atom is -0.496 e. The number of methoxy groups -OCH3 is 1. The van der Waals surface area contributed by atoms with Gasteiger partial charge in [0.25, 0.3) is 0 Å². The van der Waals surface area contributed by atoms with Crippen LogP contribution in [0.5, 0.6) is 5.75 Å². The highest BCUT2D eigenvalue weighted by Gasteiger charge is 2.04. The minimum atomic E-state index is 0. The average molecular weight is 429 g/mol. The van der Waals surface area contributed by atoms with Crippen LogP contribution in [-0.4, -0.2) is 19.6 Å². The molecule has 0 saturated heterocycles. The van der Waals surface area contributed by atoms with Crippen LogP contribution in [0.25, 0.3) is 0 Å². The molecule has 0 saturated carbocycles. The molecule has 1 aromatic carbocycles. The van der Waals surface area contributed by atoms with Crippen molar-refractivity contribution in [3.05, 3.63) is 53.5 Å². The molecule has 126 valence electrons. The van der Waals surface area contributed by atoms with Gasteiger partial charge in [-0.15, -0.1) is 24.0 Å². The van der Waals surface area contributed by atoms with Gasteiger partial charge in [-0.2, -0.15) is 0 Å². The van der Waals surface area contributed by atoms with Gasteiger partial charge in [-0.3, -0.25) is 0 Å². The van der Waals surface area contributed by atoms with Crippen molar-refractivity contribution in [2.75, 3.05) is 13.7 Å². The third-order valence-corrected chi connectivity index (χ3v) is 3.20. The molecular weight excluding hydrogens is 405 g/mol. The van der Waals surface area contributed by atoms with Crippen LogP contribution in [0.3, 0.4) is 0 Å². The summed E-state index contributed by atoms with van der Waals surface area (Å²) in [5.74, 6) is 2.49. The Morgan fingerprint density at radius 3 is 2.74 bits per heavy atom. The lowest BCUT2D eigenvalue weighted by Gasteiger charge is -2.11. The molecule has 0 atom stereocenters. The van der Waals surface area contributed by atoms with Gasteiger partial charge in [0.05, 0.1) is 26.5 Å². The number of rotatable bonds is 6. The third-order valence-electron chi connectivity index (χ3n) is 3.20. The van der Waals surface area contributed by atoms with Gasteiger partial charge in [-0.1, -0.05) is 12.1 Å². The monoisotopic (exact) mass is 429 g/mol. The number of guanidine groups is 1. The van der Waals surface area contributed by atoms with Crippen molar-refractivity contribution in [3.63, 3.8) is 0 Å². The van der Waals surface area contributed by atoms with Crippen LogP contribution < -0.4 is 15.4 Å². The van der Waals surface area contributed by atoms with E-state index in [1.54, 1.807) is 13.4 Å². The van der Waals surface area contributed by atoms with Gasteiger partial charge in [0.15, 0.2) is 5.96 Å². The topological polar surface area (TPSA) is 58.8 Å². The Morgan fingerprint density at radius 1 is 1.26 bits per heavy atom. The molecule has 5 nitrogen and oxygen atoms in total. The lowest BCUT2D eigenvalue weighted by atomic mass is 10.1. The van der Waals surface area contributed by atoms with Crippen LogP contribution in [-0.2, 0) is 13.1 Å². The third kappa shape index (κ3) is 6.13. The fraction of sp³-hybridized carbons (Fsp3) is 0.353. The number of hydrogen-bond donors (Lipinski definition) is 2. The summed E-state index contributed by atoms with van der Waals surface area (Å²) < 4.78 is 10.7. The van der Waals surface area contributed by atoms with E-state index in [1.807, 2.05) is 38.1 Å².